The molecule has 0 atom stereocenters. The van der Waals surface area contributed by atoms with Crippen molar-refractivity contribution in [2.24, 2.45) is 0 Å². The predicted molar refractivity (Wildman–Crippen MR) is 52.6 cm³/mol. The largest absolute Gasteiger partial charge is 0.465 e. The van der Waals surface area contributed by atoms with Crippen molar-refractivity contribution in [3.05, 3.63) is 34.4 Å². The number of methoxy groups -OCH3 is 1. The lowest BCUT2D eigenvalue weighted by Crippen LogP contribution is -2.09. The Kier molecular flexibility index (Phi) is 3.19. The third kappa shape index (κ3) is 1.86. The maximum atomic E-state index is 11.4. The number of carbonyl (C=O) groups excluding carboxylic acids is 2. The smallest absolute Gasteiger partial charge is 0.338 e. The summed E-state index contributed by atoms with van der Waals surface area (Å²) in [6.07, 6.45) is 0.570. The van der Waals surface area contributed by atoms with E-state index in [9.17, 15) is 9.59 Å². The number of hydrogen-bond acceptors (Lipinski definition) is 4. The van der Waals surface area contributed by atoms with E-state index in [0.29, 0.717) is 17.4 Å². The first kappa shape index (κ1) is 10.9. The maximum Gasteiger partial charge on any atom is 0.338 e. The van der Waals surface area contributed by atoms with Gasteiger partial charge in [0.25, 0.3) is 0 Å². The third-order valence-electron chi connectivity index (χ3n) is 2.13. The first-order chi connectivity index (χ1) is 7.15. The second-order valence-electron chi connectivity index (χ2n) is 2.92. The van der Waals surface area contributed by atoms with E-state index >= 15 is 0 Å². The first-order valence-electron chi connectivity index (χ1n) is 4.23. The Morgan fingerprint density at radius 1 is 1.53 bits per heavy atom. The second-order valence-corrected chi connectivity index (χ2v) is 2.92. The van der Waals surface area contributed by atoms with E-state index in [2.05, 4.69) is 4.74 Å². The van der Waals surface area contributed by atoms with Gasteiger partial charge in [-0.15, -0.1) is 0 Å². The summed E-state index contributed by atoms with van der Waals surface area (Å²) in [5.74, 6) is -0.605. The van der Waals surface area contributed by atoms with Crippen LogP contribution in [-0.2, 0) is 4.74 Å². The number of nitrogens with zero attached hydrogens (tertiary/aromatic N) is 1. The Hall–Kier alpha value is -2.15. The average molecular weight is 203 g/mol. The van der Waals surface area contributed by atoms with E-state index in [0.717, 1.165) is 0 Å². The number of aldehydes is 1. The first-order valence-corrected chi connectivity index (χ1v) is 4.23. The molecule has 0 aliphatic heterocycles. The number of rotatable bonds is 2. The van der Waals surface area contributed by atoms with Crippen molar-refractivity contribution >= 4 is 12.3 Å². The lowest BCUT2D eigenvalue weighted by atomic mass is 9.98. The predicted octanol–water partition coefficient (Wildman–Crippen LogP) is 1.47. The standard InChI is InChI=1S/C11H9NO3/c1-7-8(5-12)3-4-9(6-13)10(7)11(14)15-2/h3-4,6H,1-2H3. The molecule has 0 unspecified atom stereocenters. The molecule has 1 aromatic carbocycles. The van der Waals surface area contributed by atoms with Crippen LogP contribution in [0.25, 0.3) is 0 Å². The zero-order valence-electron chi connectivity index (χ0n) is 8.40. The molecule has 1 aromatic rings. The summed E-state index contributed by atoms with van der Waals surface area (Å²) in [5.41, 5.74) is 1.22. The van der Waals surface area contributed by atoms with Crippen LogP contribution in [0.5, 0.6) is 0 Å². The van der Waals surface area contributed by atoms with Crippen LogP contribution in [0, 0.1) is 18.3 Å². The highest BCUT2D eigenvalue weighted by Gasteiger charge is 2.16. The van der Waals surface area contributed by atoms with Crippen LogP contribution in [0.1, 0.15) is 31.8 Å². The Morgan fingerprint density at radius 2 is 2.20 bits per heavy atom. The van der Waals surface area contributed by atoms with Gasteiger partial charge in [-0.1, -0.05) is 0 Å². The highest BCUT2D eigenvalue weighted by molar-refractivity contribution is 6.00. The fraction of sp³-hybridized carbons (Fsp3) is 0.182. The average Bonchev–Trinajstić information content (AvgIpc) is 2.27. The van der Waals surface area contributed by atoms with Crippen molar-refractivity contribution in [2.75, 3.05) is 7.11 Å². The second kappa shape index (κ2) is 4.38. The topological polar surface area (TPSA) is 67.2 Å². The van der Waals surface area contributed by atoms with Gasteiger partial charge in [-0.05, 0) is 24.6 Å². The molecule has 0 radical (unpaired) electrons. The van der Waals surface area contributed by atoms with Crippen molar-refractivity contribution in [3.63, 3.8) is 0 Å². The zero-order valence-corrected chi connectivity index (χ0v) is 8.40. The SMILES string of the molecule is COC(=O)c1c(C=O)ccc(C#N)c1C. The number of hydrogen-bond donors (Lipinski definition) is 0. The summed E-state index contributed by atoms with van der Waals surface area (Å²) in [7, 11) is 1.23. The summed E-state index contributed by atoms with van der Waals surface area (Å²) in [6.45, 7) is 1.61. The Labute approximate surface area is 87.1 Å². The van der Waals surface area contributed by atoms with Crippen molar-refractivity contribution in [1.82, 2.24) is 0 Å². The number of benzene rings is 1. The lowest BCUT2D eigenvalue weighted by Gasteiger charge is -2.07. The molecule has 0 heterocycles. The summed E-state index contributed by atoms with van der Waals surface area (Å²) in [5, 5.41) is 8.77. The summed E-state index contributed by atoms with van der Waals surface area (Å²) in [6, 6.07) is 4.88. The van der Waals surface area contributed by atoms with Crippen LogP contribution in [0.3, 0.4) is 0 Å². The summed E-state index contributed by atoms with van der Waals surface area (Å²) in [4.78, 5) is 22.1. The van der Waals surface area contributed by atoms with Gasteiger partial charge in [0.05, 0.1) is 24.3 Å². The van der Waals surface area contributed by atoms with Gasteiger partial charge in [-0.3, -0.25) is 4.79 Å². The number of nitriles is 1. The number of esters is 1. The van der Waals surface area contributed by atoms with Crippen LogP contribution < -0.4 is 0 Å². The molecule has 15 heavy (non-hydrogen) atoms. The summed E-state index contributed by atoms with van der Waals surface area (Å²) < 4.78 is 4.55. The van der Waals surface area contributed by atoms with Gasteiger partial charge in [0, 0.05) is 5.56 Å². The minimum Gasteiger partial charge on any atom is -0.465 e. The van der Waals surface area contributed by atoms with Crippen molar-refractivity contribution in [2.45, 2.75) is 6.92 Å². The van der Waals surface area contributed by atoms with Crippen LogP contribution in [-0.4, -0.2) is 19.4 Å². The third-order valence-corrected chi connectivity index (χ3v) is 2.13. The molecular formula is C11H9NO3. The molecule has 0 aromatic heterocycles. The van der Waals surface area contributed by atoms with Crippen molar-refractivity contribution < 1.29 is 14.3 Å². The molecule has 4 heteroatoms. The van der Waals surface area contributed by atoms with E-state index < -0.39 is 5.97 Å². The fourth-order valence-corrected chi connectivity index (χ4v) is 1.32. The van der Waals surface area contributed by atoms with Gasteiger partial charge in [0.2, 0.25) is 0 Å². The molecule has 0 aliphatic rings. The highest BCUT2D eigenvalue weighted by Crippen LogP contribution is 2.17. The minimum absolute atomic E-state index is 0.159. The van der Waals surface area contributed by atoms with Gasteiger partial charge in [-0.2, -0.15) is 5.26 Å². The lowest BCUT2D eigenvalue weighted by molar-refractivity contribution is 0.0597. The van der Waals surface area contributed by atoms with Crippen LogP contribution >= 0.6 is 0 Å². The monoisotopic (exact) mass is 203 g/mol. The molecule has 0 N–H and O–H groups in total. The van der Waals surface area contributed by atoms with Gasteiger partial charge in [-0.25, -0.2) is 4.79 Å². The molecule has 0 bridgehead atoms. The Morgan fingerprint density at radius 3 is 2.67 bits per heavy atom. The zero-order chi connectivity index (χ0) is 11.4. The molecule has 0 aliphatic carbocycles. The van der Waals surface area contributed by atoms with Gasteiger partial charge in [0.15, 0.2) is 6.29 Å². The van der Waals surface area contributed by atoms with Gasteiger partial charge >= 0.3 is 5.97 Å². The van der Waals surface area contributed by atoms with Crippen LogP contribution in [0.4, 0.5) is 0 Å². The minimum atomic E-state index is -0.605. The van der Waals surface area contributed by atoms with E-state index in [1.807, 2.05) is 6.07 Å². The molecule has 0 fully saturated rings. The highest BCUT2D eigenvalue weighted by atomic mass is 16.5. The normalized spacial score (nSPS) is 9.13. The molecule has 1 rings (SSSR count). The van der Waals surface area contributed by atoms with Crippen LogP contribution in [0.2, 0.25) is 0 Å². The number of carbonyl (C=O) groups is 2. The fourth-order valence-electron chi connectivity index (χ4n) is 1.32. The molecule has 76 valence electrons. The molecule has 4 nitrogen and oxygen atoms in total. The maximum absolute atomic E-state index is 11.4. The van der Waals surface area contributed by atoms with Gasteiger partial charge < -0.3 is 4.74 Å². The molecular weight excluding hydrogens is 194 g/mol. The molecule has 0 amide bonds. The van der Waals surface area contributed by atoms with Crippen LogP contribution in [0.15, 0.2) is 12.1 Å². The Bertz CT molecular complexity index is 458. The van der Waals surface area contributed by atoms with E-state index in [4.69, 9.17) is 5.26 Å². The molecule has 0 spiro atoms. The quantitative estimate of drug-likeness (QED) is 0.539. The molecule has 0 saturated heterocycles. The van der Waals surface area contributed by atoms with Crippen molar-refractivity contribution in [3.8, 4) is 6.07 Å². The van der Waals surface area contributed by atoms with E-state index in [-0.39, 0.29) is 11.1 Å². The van der Waals surface area contributed by atoms with E-state index in [1.54, 1.807) is 6.92 Å². The van der Waals surface area contributed by atoms with Gasteiger partial charge in [0.1, 0.15) is 0 Å². The number of ether oxygens (including phenoxy) is 1. The van der Waals surface area contributed by atoms with Crippen molar-refractivity contribution in [1.29, 1.82) is 5.26 Å². The van der Waals surface area contributed by atoms with E-state index in [1.165, 1.54) is 19.2 Å². The molecule has 0 saturated carbocycles. The summed E-state index contributed by atoms with van der Waals surface area (Å²) >= 11 is 0. The Balaban J connectivity index is 3.50.